The molecule has 4 aliphatic rings. The van der Waals surface area contributed by atoms with Crippen molar-refractivity contribution in [2.75, 3.05) is 25.4 Å². The number of piperidine rings is 1. The summed E-state index contributed by atoms with van der Waals surface area (Å²) in [5, 5.41) is 0. The SMILES string of the molecule is O=C1CS(=O)C2(CCN(C(=O)C3(c4ccccc4)CC3)CC2)N1CC1CC1. The molecule has 1 atom stereocenters. The van der Waals surface area contributed by atoms with Crippen molar-refractivity contribution in [1.29, 1.82) is 0 Å². The predicted molar refractivity (Wildman–Crippen MR) is 103 cm³/mol. The van der Waals surface area contributed by atoms with Gasteiger partial charge in [-0.15, -0.1) is 0 Å². The summed E-state index contributed by atoms with van der Waals surface area (Å²) in [6, 6.07) is 10.1. The summed E-state index contributed by atoms with van der Waals surface area (Å²) < 4.78 is 12.8. The molecule has 0 N–H and O–H groups in total. The summed E-state index contributed by atoms with van der Waals surface area (Å²) in [7, 11) is -1.15. The van der Waals surface area contributed by atoms with Gasteiger partial charge in [0, 0.05) is 32.5 Å². The molecule has 144 valence electrons. The van der Waals surface area contributed by atoms with Gasteiger partial charge in [-0.25, -0.2) is 0 Å². The quantitative estimate of drug-likeness (QED) is 0.796. The minimum absolute atomic E-state index is 0.0444. The number of likely N-dealkylation sites (tertiary alicyclic amines) is 1. The highest BCUT2D eigenvalue weighted by Crippen LogP contribution is 2.50. The van der Waals surface area contributed by atoms with E-state index in [0.29, 0.717) is 31.8 Å². The van der Waals surface area contributed by atoms with Crippen LogP contribution in [-0.4, -0.2) is 56.1 Å². The molecule has 6 heteroatoms. The molecule has 1 unspecified atom stereocenters. The number of nitrogens with zero attached hydrogens (tertiary/aromatic N) is 2. The normalized spacial score (nSPS) is 28.6. The fourth-order valence-corrected chi connectivity index (χ4v) is 6.58. The van der Waals surface area contributed by atoms with Crippen molar-refractivity contribution in [3.8, 4) is 0 Å². The third kappa shape index (κ3) is 2.75. The van der Waals surface area contributed by atoms with Gasteiger partial charge >= 0.3 is 0 Å². The Kier molecular flexibility index (Phi) is 3.97. The first-order chi connectivity index (χ1) is 13.1. The number of carbonyl (C=O) groups excluding carboxylic acids is 2. The average molecular weight is 387 g/mol. The molecular formula is C21H26N2O3S. The van der Waals surface area contributed by atoms with Crippen molar-refractivity contribution >= 4 is 22.6 Å². The molecule has 2 heterocycles. The van der Waals surface area contributed by atoms with Crippen LogP contribution >= 0.6 is 0 Å². The molecule has 5 rings (SSSR count). The fraction of sp³-hybridized carbons (Fsp3) is 0.619. The monoisotopic (exact) mass is 386 g/mol. The maximum atomic E-state index is 13.3. The molecule has 27 heavy (non-hydrogen) atoms. The standard InChI is InChI=1S/C21H26N2O3S/c24-18-15-27(26)21(23(18)14-16-6-7-16)10-12-22(13-11-21)19(25)20(8-9-20)17-4-2-1-3-5-17/h1-5,16H,6-15H2. The molecule has 5 nitrogen and oxygen atoms in total. The molecule has 2 aliphatic heterocycles. The van der Waals surface area contributed by atoms with E-state index in [-0.39, 0.29) is 23.0 Å². The lowest BCUT2D eigenvalue weighted by atomic mass is 9.92. The van der Waals surface area contributed by atoms with Crippen LogP contribution in [0.4, 0.5) is 0 Å². The van der Waals surface area contributed by atoms with Gasteiger partial charge < -0.3 is 9.80 Å². The first-order valence-electron chi connectivity index (χ1n) is 10.1. The lowest BCUT2D eigenvalue weighted by Gasteiger charge is -2.44. The van der Waals surface area contributed by atoms with E-state index in [9.17, 15) is 13.8 Å². The Balaban J connectivity index is 1.32. The molecular weight excluding hydrogens is 360 g/mol. The van der Waals surface area contributed by atoms with Crippen LogP contribution in [-0.2, 0) is 25.8 Å². The second-order valence-electron chi connectivity index (χ2n) is 8.62. The van der Waals surface area contributed by atoms with Crippen molar-refractivity contribution in [3.05, 3.63) is 35.9 Å². The van der Waals surface area contributed by atoms with Crippen molar-refractivity contribution in [2.45, 2.75) is 48.8 Å². The van der Waals surface area contributed by atoms with Crippen molar-refractivity contribution in [3.63, 3.8) is 0 Å². The largest absolute Gasteiger partial charge is 0.342 e. The average Bonchev–Trinajstić information content (AvgIpc) is 3.61. The first-order valence-corrected chi connectivity index (χ1v) is 11.4. The zero-order valence-corrected chi connectivity index (χ0v) is 16.4. The lowest BCUT2D eigenvalue weighted by molar-refractivity contribution is -0.137. The molecule has 4 fully saturated rings. The summed E-state index contributed by atoms with van der Waals surface area (Å²) in [4.78, 5) is 29.1. The van der Waals surface area contributed by atoms with Gasteiger partial charge in [-0.05, 0) is 37.2 Å². The van der Waals surface area contributed by atoms with Crippen LogP contribution in [0.3, 0.4) is 0 Å². The van der Waals surface area contributed by atoms with Crippen LogP contribution in [0, 0.1) is 5.92 Å². The van der Waals surface area contributed by atoms with Gasteiger partial charge in [0.25, 0.3) is 0 Å². The van der Waals surface area contributed by atoms with E-state index in [1.807, 2.05) is 28.0 Å². The van der Waals surface area contributed by atoms with Crippen molar-refractivity contribution < 1.29 is 13.8 Å². The molecule has 2 saturated heterocycles. The summed E-state index contributed by atoms with van der Waals surface area (Å²) in [6.45, 7) is 1.97. The first kappa shape index (κ1) is 17.4. The maximum absolute atomic E-state index is 13.3. The van der Waals surface area contributed by atoms with Gasteiger partial charge in [0.1, 0.15) is 10.6 Å². The van der Waals surface area contributed by atoms with Gasteiger partial charge in [0.15, 0.2) is 0 Å². The third-order valence-electron chi connectivity index (χ3n) is 6.93. The number of hydrogen-bond acceptors (Lipinski definition) is 3. The molecule has 1 aromatic carbocycles. The van der Waals surface area contributed by atoms with Crippen molar-refractivity contribution in [1.82, 2.24) is 9.80 Å². The second-order valence-corrected chi connectivity index (χ2v) is 10.4. The van der Waals surface area contributed by atoms with E-state index in [0.717, 1.165) is 24.9 Å². The van der Waals surface area contributed by atoms with Crippen LogP contribution < -0.4 is 0 Å². The van der Waals surface area contributed by atoms with E-state index in [1.165, 1.54) is 12.8 Å². The topological polar surface area (TPSA) is 57.7 Å². The Bertz CT molecular complexity index is 793. The zero-order valence-electron chi connectivity index (χ0n) is 15.6. The predicted octanol–water partition coefficient (Wildman–Crippen LogP) is 2.04. The summed E-state index contributed by atoms with van der Waals surface area (Å²) in [5.74, 6) is 1.01. The minimum atomic E-state index is -1.15. The van der Waals surface area contributed by atoms with E-state index in [2.05, 4.69) is 12.1 Å². The number of benzene rings is 1. The Morgan fingerprint density at radius 1 is 1.07 bits per heavy atom. The van der Waals surface area contributed by atoms with E-state index in [1.54, 1.807) is 0 Å². The summed E-state index contributed by atoms with van der Waals surface area (Å²) >= 11 is 0. The number of amides is 2. The molecule has 2 aliphatic carbocycles. The minimum Gasteiger partial charge on any atom is -0.342 e. The lowest BCUT2D eigenvalue weighted by Crippen LogP contribution is -2.57. The summed E-state index contributed by atoms with van der Waals surface area (Å²) in [5.41, 5.74) is 0.773. The third-order valence-corrected chi connectivity index (χ3v) is 8.91. The van der Waals surface area contributed by atoms with Crippen molar-refractivity contribution in [2.24, 2.45) is 5.92 Å². The van der Waals surface area contributed by atoms with Crippen LogP contribution in [0.1, 0.15) is 44.1 Å². The van der Waals surface area contributed by atoms with E-state index >= 15 is 0 Å². The number of carbonyl (C=O) groups is 2. The van der Waals surface area contributed by atoms with Gasteiger partial charge in [-0.2, -0.15) is 0 Å². The van der Waals surface area contributed by atoms with Gasteiger partial charge in [-0.1, -0.05) is 30.3 Å². The Labute approximate surface area is 162 Å². The number of rotatable bonds is 4. The van der Waals surface area contributed by atoms with E-state index < -0.39 is 15.7 Å². The Morgan fingerprint density at radius 2 is 1.74 bits per heavy atom. The van der Waals surface area contributed by atoms with Crippen LogP contribution in [0.5, 0.6) is 0 Å². The Morgan fingerprint density at radius 3 is 2.33 bits per heavy atom. The summed E-state index contributed by atoms with van der Waals surface area (Å²) in [6.07, 6.45) is 5.47. The number of hydrogen-bond donors (Lipinski definition) is 0. The van der Waals surface area contributed by atoms with Crippen LogP contribution in [0.2, 0.25) is 0 Å². The van der Waals surface area contributed by atoms with Crippen LogP contribution in [0.25, 0.3) is 0 Å². The van der Waals surface area contributed by atoms with Gasteiger partial charge in [-0.3, -0.25) is 13.8 Å². The second kappa shape index (κ2) is 6.16. The molecule has 1 aromatic rings. The highest BCUT2D eigenvalue weighted by molar-refractivity contribution is 7.87. The fourth-order valence-electron chi connectivity index (χ4n) is 4.87. The highest BCUT2D eigenvalue weighted by atomic mass is 32.2. The zero-order chi connectivity index (χ0) is 18.6. The molecule has 2 amide bonds. The smallest absolute Gasteiger partial charge is 0.236 e. The molecule has 1 spiro atoms. The molecule has 0 aromatic heterocycles. The van der Waals surface area contributed by atoms with E-state index in [4.69, 9.17) is 0 Å². The maximum Gasteiger partial charge on any atom is 0.236 e. The van der Waals surface area contributed by atoms with Gasteiger partial charge in [0.2, 0.25) is 11.8 Å². The molecule has 2 saturated carbocycles. The van der Waals surface area contributed by atoms with Gasteiger partial charge in [0.05, 0.1) is 16.2 Å². The Hall–Kier alpha value is -1.69. The molecule has 0 bridgehead atoms. The molecule has 0 radical (unpaired) electrons. The van der Waals surface area contributed by atoms with Crippen LogP contribution in [0.15, 0.2) is 30.3 Å². The highest BCUT2D eigenvalue weighted by Gasteiger charge is 2.57.